The van der Waals surface area contributed by atoms with Crippen molar-refractivity contribution in [1.29, 1.82) is 0 Å². The lowest BCUT2D eigenvalue weighted by Gasteiger charge is -2.32. The van der Waals surface area contributed by atoms with Gasteiger partial charge in [0, 0.05) is 18.8 Å². The van der Waals surface area contributed by atoms with Gasteiger partial charge in [0.2, 0.25) is 0 Å². The van der Waals surface area contributed by atoms with Crippen LogP contribution in [0.2, 0.25) is 10.0 Å². The fourth-order valence-corrected chi connectivity index (χ4v) is 3.47. The molecule has 0 atom stereocenters. The van der Waals surface area contributed by atoms with Crippen molar-refractivity contribution in [1.82, 2.24) is 10.2 Å². The zero-order valence-electron chi connectivity index (χ0n) is 14.6. The predicted octanol–water partition coefficient (Wildman–Crippen LogP) is 5.03. The maximum Gasteiger partial charge on any atom is 0.319 e. The molecule has 4 nitrogen and oxygen atoms in total. The summed E-state index contributed by atoms with van der Waals surface area (Å²) >= 11 is 11.8. The second kappa shape index (κ2) is 9.26. The first-order valence-electron chi connectivity index (χ1n) is 8.86. The van der Waals surface area contributed by atoms with Gasteiger partial charge in [0.25, 0.3) is 0 Å². The van der Waals surface area contributed by atoms with E-state index in [1.54, 1.807) is 18.2 Å². The second-order valence-electron chi connectivity index (χ2n) is 6.67. The minimum absolute atomic E-state index is 0.213. The molecule has 1 saturated heterocycles. The Kier molecular flexibility index (Phi) is 6.78. The molecule has 1 fully saturated rings. The molecular weight excluding hydrogens is 369 g/mol. The van der Waals surface area contributed by atoms with Crippen LogP contribution in [0, 0.1) is 5.92 Å². The summed E-state index contributed by atoms with van der Waals surface area (Å²) in [5.41, 5.74) is 1.99. The molecule has 2 amide bonds. The number of benzene rings is 2. The summed E-state index contributed by atoms with van der Waals surface area (Å²) in [6, 6.07) is 15.4. The van der Waals surface area contributed by atoms with Crippen molar-refractivity contribution in [3.63, 3.8) is 0 Å². The van der Waals surface area contributed by atoms with Crippen LogP contribution in [-0.2, 0) is 6.54 Å². The van der Waals surface area contributed by atoms with Crippen molar-refractivity contribution in [2.45, 2.75) is 19.4 Å². The van der Waals surface area contributed by atoms with Crippen molar-refractivity contribution in [2.24, 2.45) is 5.92 Å². The van der Waals surface area contributed by atoms with E-state index in [0.29, 0.717) is 28.2 Å². The summed E-state index contributed by atoms with van der Waals surface area (Å²) in [6.45, 7) is 3.82. The minimum atomic E-state index is -0.213. The Morgan fingerprint density at radius 1 is 1.04 bits per heavy atom. The van der Waals surface area contributed by atoms with E-state index in [-0.39, 0.29) is 6.03 Å². The molecular formula is C20H23Cl2N3O. The summed E-state index contributed by atoms with van der Waals surface area (Å²) in [4.78, 5) is 14.5. The molecule has 0 bridgehead atoms. The highest BCUT2D eigenvalue weighted by Gasteiger charge is 2.19. The highest BCUT2D eigenvalue weighted by atomic mass is 35.5. The van der Waals surface area contributed by atoms with Crippen LogP contribution < -0.4 is 10.6 Å². The summed E-state index contributed by atoms with van der Waals surface area (Å²) in [7, 11) is 0. The van der Waals surface area contributed by atoms with E-state index in [1.807, 2.05) is 6.07 Å². The van der Waals surface area contributed by atoms with Crippen LogP contribution in [0.1, 0.15) is 18.4 Å². The van der Waals surface area contributed by atoms with Gasteiger partial charge in [-0.05, 0) is 55.6 Å². The zero-order chi connectivity index (χ0) is 18.4. The van der Waals surface area contributed by atoms with Crippen LogP contribution in [0.25, 0.3) is 0 Å². The van der Waals surface area contributed by atoms with Gasteiger partial charge in [-0.1, -0.05) is 53.5 Å². The van der Waals surface area contributed by atoms with Gasteiger partial charge >= 0.3 is 6.03 Å². The normalized spacial score (nSPS) is 15.6. The summed E-state index contributed by atoms with van der Waals surface area (Å²) in [6.07, 6.45) is 2.19. The van der Waals surface area contributed by atoms with Gasteiger partial charge in [-0.25, -0.2) is 4.79 Å². The third-order valence-corrected chi connectivity index (χ3v) is 5.42. The number of hydrogen-bond acceptors (Lipinski definition) is 2. The second-order valence-corrected chi connectivity index (χ2v) is 7.48. The van der Waals surface area contributed by atoms with Crippen molar-refractivity contribution in [3.8, 4) is 0 Å². The maximum atomic E-state index is 12.0. The van der Waals surface area contributed by atoms with Crippen molar-refractivity contribution < 1.29 is 4.79 Å². The molecule has 2 N–H and O–H groups in total. The van der Waals surface area contributed by atoms with Gasteiger partial charge in [0.05, 0.1) is 10.0 Å². The van der Waals surface area contributed by atoms with E-state index < -0.39 is 0 Å². The van der Waals surface area contributed by atoms with E-state index in [9.17, 15) is 4.79 Å². The average Bonchev–Trinajstić information content (AvgIpc) is 2.65. The first-order valence-corrected chi connectivity index (χ1v) is 9.62. The van der Waals surface area contributed by atoms with Crippen molar-refractivity contribution >= 4 is 34.9 Å². The number of likely N-dealkylation sites (tertiary alicyclic amines) is 1. The molecule has 6 heteroatoms. The Morgan fingerprint density at radius 3 is 2.46 bits per heavy atom. The number of anilines is 1. The first-order chi connectivity index (χ1) is 12.6. The molecule has 0 aromatic heterocycles. The van der Waals surface area contributed by atoms with Gasteiger partial charge in [-0.2, -0.15) is 0 Å². The number of amides is 2. The van der Waals surface area contributed by atoms with Gasteiger partial charge in [-0.15, -0.1) is 0 Å². The molecule has 138 valence electrons. The van der Waals surface area contributed by atoms with Gasteiger partial charge < -0.3 is 10.6 Å². The topological polar surface area (TPSA) is 44.4 Å². The van der Waals surface area contributed by atoms with E-state index in [2.05, 4.69) is 39.8 Å². The number of hydrogen-bond donors (Lipinski definition) is 2. The highest BCUT2D eigenvalue weighted by Crippen LogP contribution is 2.25. The number of carbonyl (C=O) groups excluding carboxylic acids is 1. The van der Waals surface area contributed by atoms with E-state index in [1.165, 1.54) is 5.56 Å². The lowest BCUT2D eigenvalue weighted by Crippen LogP contribution is -2.39. The summed E-state index contributed by atoms with van der Waals surface area (Å²) in [5, 5.41) is 6.64. The molecule has 26 heavy (non-hydrogen) atoms. The Morgan fingerprint density at radius 2 is 1.77 bits per heavy atom. The molecule has 3 rings (SSSR count). The first kappa shape index (κ1) is 19.0. The quantitative estimate of drug-likeness (QED) is 0.750. The third kappa shape index (κ3) is 5.63. The van der Waals surface area contributed by atoms with Crippen LogP contribution in [0.5, 0.6) is 0 Å². The van der Waals surface area contributed by atoms with E-state index in [4.69, 9.17) is 23.2 Å². The fourth-order valence-electron chi connectivity index (χ4n) is 3.18. The Balaban J connectivity index is 1.38. The molecule has 0 saturated carbocycles. The lowest BCUT2D eigenvalue weighted by atomic mass is 9.96. The van der Waals surface area contributed by atoms with E-state index in [0.717, 1.165) is 32.5 Å². The van der Waals surface area contributed by atoms with Crippen LogP contribution in [0.3, 0.4) is 0 Å². The van der Waals surface area contributed by atoms with Crippen LogP contribution in [0.4, 0.5) is 10.5 Å². The monoisotopic (exact) mass is 391 g/mol. The fraction of sp³-hybridized carbons (Fsp3) is 0.350. The van der Waals surface area contributed by atoms with Gasteiger partial charge in [-0.3, -0.25) is 4.90 Å². The highest BCUT2D eigenvalue weighted by molar-refractivity contribution is 6.42. The Labute approximate surface area is 164 Å². The smallest absolute Gasteiger partial charge is 0.319 e. The van der Waals surface area contributed by atoms with Gasteiger partial charge in [0.1, 0.15) is 0 Å². The Bertz CT molecular complexity index is 731. The number of urea groups is 1. The number of piperidine rings is 1. The molecule has 1 aliphatic rings. The lowest BCUT2D eigenvalue weighted by molar-refractivity contribution is 0.175. The van der Waals surface area contributed by atoms with Gasteiger partial charge in [0.15, 0.2) is 0 Å². The number of nitrogens with one attached hydrogen (secondary N) is 2. The molecule has 0 unspecified atom stereocenters. The molecule has 0 spiro atoms. The molecule has 1 aliphatic heterocycles. The number of rotatable bonds is 5. The molecule has 2 aromatic rings. The zero-order valence-corrected chi connectivity index (χ0v) is 16.1. The maximum absolute atomic E-state index is 12.0. The SMILES string of the molecule is O=C(NCC1CCN(Cc2ccccc2)CC1)Nc1ccc(Cl)c(Cl)c1. The largest absolute Gasteiger partial charge is 0.338 e. The molecule has 1 heterocycles. The van der Waals surface area contributed by atoms with E-state index >= 15 is 0 Å². The number of carbonyl (C=O) groups is 1. The summed E-state index contributed by atoms with van der Waals surface area (Å²) in [5.74, 6) is 0.515. The molecule has 0 aliphatic carbocycles. The van der Waals surface area contributed by atoms with Crippen molar-refractivity contribution in [2.75, 3.05) is 25.0 Å². The molecule has 0 radical (unpaired) electrons. The van der Waals surface area contributed by atoms with Crippen molar-refractivity contribution in [3.05, 3.63) is 64.1 Å². The number of nitrogens with zero attached hydrogens (tertiary/aromatic N) is 1. The summed E-state index contributed by atoms with van der Waals surface area (Å²) < 4.78 is 0. The average molecular weight is 392 g/mol. The van der Waals surface area contributed by atoms with Crippen LogP contribution in [0.15, 0.2) is 48.5 Å². The Hall–Kier alpha value is -1.75. The predicted molar refractivity (Wildman–Crippen MR) is 108 cm³/mol. The molecule has 2 aromatic carbocycles. The third-order valence-electron chi connectivity index (χ3n) is 4.68. The minimum Gasteiger partial charge on any atom is -0.338 e. The number of halogens is 2. The standard InChI is InChI=1S/C20H23Cl2N3O/c21-18-7-6-17(12-19(18)22)24-20(26)23-13-15-8-10-25(11-9-15)14-16-4-2-1-3-5-16/h1-7,12,15H,8-11,13-14H2,(H2,23,24,26). The van der Waals surface area contributed by atoms with Crippen LogP contribution in [-0.4, -0.2) is 30.6 Å². The van der Waals surface area contributed by atoms with Crippen LogP contribution >= 0.6 is 23.2 Å².